The average molecular weight is 335 g/mol. The Labute approximate surface area is 141 Å². The molecule has 1 fully saturated rings. The van der Waals surface area contributed by atoms with Crippen molar-refractivity contribution in [3.63, 3.8) is 0 Å². The van der Waals surface area contributed by atoms with Crippen LogP contribution < -0.4 is 5.32 Å². The number of hydrogen-bond donors (Lipinski definition) is 2. The highest BCUT2D eigenvalue weighted by Gasteiger charge is 2.47. The second-order valence-electron chi connectivity index (χ2n) is 6.63. The lowest BCUT2D eigenvalue weighted by Gasteiger charge is -2.43. The number of esters is 1. The number of fused-ring (bicyclic) bond motifs is 1. The largest absolute Gasteiger partial charge is 0.476 e. The number of carbonyl (C=O) groups excluding carboxylic acids is 1. The van der Waals surface area contributed by atoms with Gasteiger partial charge in [-0.1, -0.05) is 0 Å². The molecule has 24 heavy (non-hydrogen) atoms. The second-order valence-corrected chi connectivity index (χ2v) is 6.63. The molecule has 1 aromatic rings. The maximum Gasteiger partial charge on any atom is 0.356 e. The number of rotatable bonds is 6. The third-order valence-electron chi connectivity index (χ3n) is 5.20. The van der Waals surface area contributed by atoms with Gasteiger partial charge in [0.25, 0.3) is 0 Å². The van der Waals surface area contributed by atoms with E-state index in [4.69, 9.17) is 4.74 Å². The molecule has 1 saturated carbocycles. The molecular weight excluding hydrogens is 310 g/mol. The number of nitrogens with zero attached hydrogens (tertiary/aromatic N) is 2. The van der Waals surface area contributed by atoms with E-state index in [1.165, 1.54) is 0 Å². The lowest BCUT2D eigenvalue weighted by molar-refractivity contribution is -0.155. The maximum absolute atomic E-state index is 12.3. The van der Waals surface area contributed by atoms with E-state index in [0.29, 0.717) is 19.6 Å². The van der Waals surface area contributed by atoms with E-state index in [1.54, 1.807) is 4.68 Å². The Bertz CT molecular complexity index is 649. The predicted octanol–water partition coefficient (Wildman–Crippen LogP) is 1.53. The molecule has 0 aliphatic heterocycles. The molecule has 0 bridgehead atoms. The number of nitrogens with one attached hydrogen (secondary N) is 1. The molecule has 7 heteroatoms. The highest BCUT2D eigenvalue weighted by Crippen LogP contribution is 2.35. The Balaban J connectivity index is 1.78. The molecule has 0 amide bonds. The molecule has 0 spiro atoms. The van der Waals surface area contributed by atoms with Crippen LogP contribution in [0.25, 0.3) is 0 Å². The van der Waals surface area contributed by atoms with Crippen molar-refractivity contribution >= 4 is 11.9 Å². The number of carboxylic acids is 1. The monoisotopic (exact) mass is 335 g/mol. The van der Waals surface area contributed by atoms with Crippen LogP contribution in [0.4, 0.5) is 0 Å². The summed E-state index contributed by atoms with van der Waals surface area (Å²) in [5, 5.41) is 17.1. The lowest BCUT2D eigenvalue weighted by atomic mass is 9.75. The van der Waals surface area contributed by atoms with Gasteiger partial charge in [-0.25, -0.2) is 4.79 Å². The normalized spacial score (nSPS) is 21.7. The van der Waals surface area contributed by atoms with Crippen LogP contribution in [0.15, 0.2) is 0 Å². The van der Waals surface area contributed by atoms with Crippen LogP contribution in [0.5, 0.6) is 0 Å². The summed E-state index contributed by atoms with van der Waals surface area (Å²) in [6.45, 7) is 4.83. The van der Waals surface area contributed by atoms with Crippen molar-refractivity contribution in [2.75, 3.05) is 6.61 Å². The van der Waals surface area contributed by atoms with Crippen LogP contribution in [0.1, 0.15) is 61.3 Å². The van der Waals surface area contributed by atoms with Crippen LogP contribution in [0.3, 0.4) is 0 Å². The van der Waals surface area contributed by atoms with Gasteiger partial charge in [0, 0.05) is 23.8 Å². The van der Waals surface area contributed by atoms with Crippen LogP contribution in [0.2, 0.25) is 0 Å². The molecule has 2 aliphatic rings. The zero-order valence-electron chi connectivity index (χ0n) is 14.3. The maximum atomic E-state index is 12.3. The van der Waals surface area contributed by atoms with E-state index in [1.807, 2.05) is 13.8 Å². The summed E-state index contributed by atoms with van der Waals surface area (Å²) in [5.41, 5.74) is 1.40. The van der Waals surface area contributed by atoms with Gasteiger partial charge in [-0.15, -0.1) is 0 Å². The molecule has 1 atom stereocenters. The number of carbonyl (C=O) groups is 2. The summed E-state index contributed by atoms with van der Waals surface area (Å²) < 4.78 is 7.02. The Morgan fingerprint density at radius 1 is 1.42 bits per heavy atom. The average Bonchev–Trinajstić information content (AvgIpc) is 2.89. The van der Waals surface area contributed by atoms with Gasteiger partial charge in [-0.05, 0) is 52.4 Å². The van der Waals surface area contributed by atoms with E-state index in [-0.39, 0.29) is 17.7 Å². The Hall–Kier alpha value is -1.89. The van der Waals surface area contributed by atoms with Crippen molar-refractivity contribution in [2.24, 2.45) is 0 Å². The fourth-order valence-electron chi connectivity index (χ4n) is 3.84. The summed E-state index contributed by atoms with van der Waals surface area (Å²) in [7, 11) is 0. The standard InChI is InChI=1S/C17H25N3O4/c1-3-20-13-7-6-11(10-12(13)14(19-20)15(21)22)18-17(8-5-9-17)16(23)24-4-2/h11,18H,3-10H2,1-2H3,(H,21,22). The molecule has 1 unspecified atom stereocenters. The molecule has 2 N–H and O–H groups in total. The molecular formula is C17H25N3O4. The van der Waals surface area contributed by atoms with Crippen molar-refractivity contribution in [3.8, 4) is 0 Å². The first kappa shape index (κ1) is 17.0. The van der Waals surface area contributed by atoms with E-state index in [2.05, 4.69) is 10.4 Å². The highest BCUT2D eigenvalue weighted by molar-refractivity contribution is 5.87. The van der Waals surface area contributed by atoms with Crippen molar-refractivity contribution in [3.05, 3.63) is 17.0 Å². The molecule has 0 saturated heterocycles. The van der Waals surface area contributed by atoms with Gasteiger partial charge in [0.2, 0.25) is 0 Å². The van der Waals surface area contributed by atoms with Gasteiger partial charge in [-0.2, -0.15) is 5.10 Å². The first-order chi connectivity index (χ1) is 11.5. The molecule has 1 aromatic heterocycles. The van der Waals surface area contributed by atoms with Crippen LogP contribution in [0, 0.1) is 0 Å². The van der Waals surface area contributed by atoms with Crippen molar-refractivity contribution in [1.82, 2.24) is 15.1 Å². The fraction of sp³-hybridized carbons (Fsp3) is 0.706. The summed E-state index contributed by atoms with van der Waals surface area (Å²) in [5.74, 6) is -1.16. The smallest absolute Gasteiger partial charge is 0.356 e. The summed E-state index contributed by atoms with van der Waals surface area (Å²) in [4.78, 5) is 23.8. The third-order valence-corrected chi connectivity index (χ3v) is 5.20. The van der Waals surface area contributed by atoms with Crippen LogP contribution in [-0.2, 0) is 28.9 Å². The highest BCUT2D eigenvalue weighted by atomic mass is 16.5. The zero-order chi connectivity index (χ0) is 17.3. The van der Waals surface area contributed by atoms with E-state index in [9.17, 15) is 14.7 Å². The second kappa shape index (κ2) is 6.55. The number of aryl methyl sites for hydroxylation is 1. The lowest BCUT2D eigenvalue weighted by Crippen LogP contribution is -2.61. The van der Waals surface area contributed by atoms with Gasteiger partial charge in [-0.3, -0.25) is 14.8 Å². The minimum absolute atomic E-state index is 0.0785. The number of aromatic carboxylic acids is 1. The number of hydrogen-bond acceptors (Lipinski definition) is 5. The van der Waals surface area contributed by atoms with Gasteiger partial charge in [0.15, 0.2) is 5.69 Å². The zero-order valence-corrected chi connectivity index (χ0v) is 14.3. The first-order valence-corrected chi connectivity index (χ1v) is 8.77. The Morgan fingerprint density at radius 2 is 2.17 bits per heavy atom. The number of ether oxygens (including phenoxy) is 1. The van der Waals surface area contributed by atoms with E-state index in [0.717, 1.165) is 43.4 Å². The Morgan fingerprint density at radius 3 is 2.71 bits per heavy atom. The van der Waals surface area contributed by atoms with E-state index >= 15 is 0 Å². The van der Waals surface area contributed by atoms with Crippen molar-refractivity contribution in [2.45, 2.75) is 70.5 Å². The fourth-order valence-corrected chi connectivity index (χ4v) is 3.84. The van der Waals surface area contributed by atoms with Crippen molar-refractivity contribution < 1.29 is 19.4 Å². The summed E-state index contributed by atoms with van der Waals surface area (Å²) in [6, 6.07) is 0.0785. The molecule has 2 aliphatic carbocycles. The SMILES string of the molecule is CCOC(=O)C1(NC2CCc3c(c(C(=O)O)nn3CC)C2)CCC1. The number of aromatic nitrogens is 2. The molecule has 0 radical (unpaired) electrons. The molecule has 0 aromatic carbocycles. The minimum atomic E-state index is -0.983. The van der Waals surface area contributed by atoms with Gasteiger partial charge in [0.05, 0.1) is 6.61 Å². The summed E-state index contributed by atoms with van der Waals surface area (Å²) in [6.07, 6.45) is 4.83. The molecule has 3 rings (SSSR count). The van der Waals surface area contributed by atoms with Crippen molar-refractivity contribution in [1.29, 1.82) is 0 Å². The van der Waals surface area contributed by atoms with Gasteiger partial charge >= 0.3 is 11.9 Å². The predicted molar refractivity (Wildman–Crippen MR) is 87.0 cm³/mol. The molecule has 1 heterocycles. The van der Waals surface area contributed by atoms with Crippen LogP contribution in [-0.4, -0.2) is 45.0 Å². The minimum Gasteiger partial charge on any atom is -0.476 e. The topological polar surface area (TPSA) is 93.4 Å². The van der Waals surface area contributed by atoms with Gasteiger partial charge in [0.1, 0.15) is 5.54 Å². The quantitative estimate of drug-likeness (QED) is 0.766. The first-order valence-electron chi connectivity index (χ1n) is 8.77. The van der Waals surface area contributed by atoms with Gasteiger partial charge < -0.3 is 9.84 Å². The summed E-state index contributed by atoms with van der Waals surface area (Å²) >= 11 is 0. The third kappa shape index (κ3) is 2.81. The van der Waals surface area contributed by atoms with Crippen LogP contribution >= 0.6 is 0 Å². The molecule has 7 nitrogen and oxygen atoms in total. The Kier molecular flexibility index (Phi) is 4.62. The molecule has 132 valence electrons. The van der Waals surface area contributed by atoms with E-state index < -0.39 is 11.5 Å². The number of carboxylic acid groups (broad SMARTS) is 1.